The molecule has 0 radical (unpaired) electrons. The first-order valence-corrected chi connectivity index (χ1v) is 17.4. The lowest BCUT2D eigenvalue weighted by Gasteiger charge is -2.18. The number of aryl methyl sites for hydroxylation is 2. The Labute approximate surface area is 323 Å². The van der Waals surface area contributed by atoms with Gasteiger partial charge in [-0.15, -0.1) is 0 Å². The molecule has 2 atom stereocenters. The molecule has 6 N–H and O–H groups in total. The molecule has 11 nitrogen and oxygen atoms in total. The van der Waals surface area contributed by atoms with Gasteiger partial charge in [-0.1, -0.05) is 59.7 Å². The molecular weight excluding hydrogens is 762 g/mol. The van der Waals surface area contributed by atoms with E-state index in [9.17, 15) is 50.6 Å². The van der Waals surface area contributed by atoms with E-state index >= 15 is 0 Å². The Morgan fingerprint density at radius 1 is 0.702 bits per heavy atom. The summed E-state index contributed by atoms with van der Waals surface area (Å²) in [4.78, 5) is 49.9. The highest BCUT2D eigenvalue weighted by Gasteiger charge is 2.35. The van der Waals surface area contributed by atoms with Gasteiger partial charge in [0, 0.05) is 45.1 Å². The average molecular weight is 803 g/mol. The summed E-state index contributed by atoms with van der Waals surface area (Å²) in [5, 5.41) is 29.7. The lowest BCUT2D eigenvalue weighted by Crippen LogP contribution is -2.37. The summed E-state index contributed by atoms with van der Waals surface area (Å²) in [6, 6.07) is 19.2. The van der Waals surface area contributed by atoms with Crippen LogP contribution in [0.1, 0.15) is 66.9 Å². The van der Waals surface area contributed by atoms with Crippen molar-refractivity contribution in [1.29, 1.82) is 0 Å². The van der Waals surface area contributed by atoms with E-state index in [2.05, 4.69) is 24.4 Å². The number of carboxylic acids is 1. The minimum atomic E-state index is -4.63. The molecule has 6 rings (SSSR count). The van der Waals surface area contributed by atoms with Crippen molar-refractivity contribution < 1.29 is 60.8 Å². The van der Waals surface area contributed by atoms with Crippen LogP contribution in [-0.4, -0.2) is 74.0 Å². The lowest BCUT2D eigenvalue weighted by molar-refractivity contribution is -0.138. The maximum atomic E-state index is 12.8. The highest BCUT2D eigenvalue weighted by atomic mass is 19.4. The van der Waals surface area contributed by atoms with Gasteiger partial charge < -0.3 is 36.2 Å². The number of nitrogens with zero attached hydrogens (tertiary/aromatic N) is 2. The standard InChI is InChI=1S/C20H19F3N2O3.C12H16N2O.C8H5F3O3/c1-12-3-2-4-13(7-12)10-25-11-15(9-18(25)27)24-19(28)16-8-14(20(21,22)23)5-6-17(16)26;1-9-3-2-4-10(5-9)7-14-8-11(13)6-12(14)15;9-8(10,11)4-1-2-6(12)5(3-4)7(13)14/h2-8,15,26H,9-11H2,1H3,(H,24,28);2-5,11H,6-8,13H2,1H3;1-3,12H,(H,13,14). The molecule has 2 heterocycles. The number of hydrogen-bond donors (Lipinski definition) is 5. The van der Waals surface area contributed by atoms with Crippen molar-refractivity contribution in [2.75, 3.05) is 13.1 Å². The molecule has 3 amide bonds. The zero-order valence-corrected chi connectivity index (χ0v) is 30.7. The fourth-order valence-electron chi connectivity index (χ4n) is 6.08. The molecule has 4 aromatic carbocycles. The summed E-state index contributed by atoms with van der Waals surface area (Å²) in [6.07, 6.45) is -8.70. The average Bonchev–Trinajstić information content (AvgIpc) is 3.61. The highest BCUT2D eigenvalue weighted by Crippen LogP contribution is 2.33. The topological polar surface area (TPSA) is 173 Å². The maximum absolute atomic E-state index is 12.8. The SMILES string of the molecule is Cc1cccc(CN2CC(N)CC2=O)c1.Cc1cccc(CN2CC(NC(=O)c3cc(C(F)(F)F)ccc3O)CC2=O)c1.O=C(O)c1cc(C(F)(F)F)ccc1O. The van der Waals surface area contributed by atoms with Crippen molar-refractivity contribution in [2.45, 2.75) is 64.2 Å². The summed E-state index contributed by atoms with van der Waals surface area (Å²) in [5.41, 5.74) is 6.79. The fraction of sp³-hybridized carbons (Fsp3) is 0.300. The molecule has 0 bridgehead atoms. The van der Waals surface area contributed by atoms with E-state index in [0.29, 0.717) is 56.4 Å². The minimum Gasteiger partial charge on any atom is -0.507 e. The normalized spacial score (nSPS) is 16.7. The highest BCUT2D eigenvalue weighted by molar-refractivity contribution is 5.97. The summed E-state index contributed by atoms with van der Waals surface area (Å²) in [7, 11) is 0. The number of halogens is 6. The molecule has 4 aromatic rings. The molecular formula is C40H40F6N4O7. The van der Waals surface area contributed by atoms with E-state index in [0.717, 1.165) is 17.2 Å². The van der Waals surface area contributed by atoms with E-state index < -0.39 is 64.0 Å². The van der Waals surface area contributed by atoms with Gasteiger partial charge in [0.15, 0.2) is 0 Å². The Morgan fingerprint density at radius 2 is 1.16 bits per heavy atom. The molecule has 17 heteroatoms. The van der Waals surface area contributed by atoms with Crippen molar-refractivity contribution in [3.63, 3.8) is 0 Å². The number of alkyl halides is 6. The number of carboxylic acid groups (broad SMARTS) is 1. The van der Waals surface area contributed by atoms with E-state index in [-0.39, 0.29) is 30.8 Å². The number of aromatic carboxylic acids is 1. The molecule has 2 fully saturated rings. The van der Waals surface area contributed by atoms with Gasteiger partial charge in [0.1, 0.15) is 17.1 Å². The quantitative estimate of drug-likeness (QED) is 0.133. The van der Waals surface area contributed by atoms with E-state index in [1.165, 1.54) is 11.1 Å². The maximum Gasteiger partial charge on any atom is 0.416 e. The van der Waals surface area contributed by atoms with Crippen molar-refractivity contribution in [2.24, 2.45) is 5.73 Å². The summed E-state index contributed by atoms with van der Waals surface area (Å²) < 4.78 is 74.8. The molecule has 2 saturated heterocycles. The number of carbonyl (C=O) groups excluding carboxylic acids is 3. The van der Waals surface area contributed by atoms with Gasteiger partial charge in [0.05, 0.1) is 22.7 Å². The smallest absolute Gasteiger partial charge is 0.416 e. The number of nitrogens with two attached hydrogens (primary N) is 1. The third-order valence-electron chi connectivity index (χ3n) is 8.83. The third-order valence-corrected chi connectivity index (χ3v) is 8.83. The van der Waals surface area contributed by atoms with E-state index in [1.54, 1.807) is 4.90 Å². The molecule has 0 spiro atoms. The Bertz CT molecular complexity index is 2110. The summed E-state index contributed by atoms with van der Waals surface area (Å²) in [5.74, 6) is -3.67. The van der Waals surface area contributed by atoms with Gasteiger partial charge in [-0.3, -0.25) is 14.4 Å². The van der Waals surface area contributed by atoms with Gasteiger partial charge in [0.25, 0.3) is 5.91 Å². The Hall–Kier alpha value is -6.10. The molecule has 57 heavy (non-hydrogen) atoms. The van der Waals surface area contributed by atoms with Crippen LogP contribution >= 0.6 is 0 Å². The summed E-state index contributed by atoms with van der Waals surface area (Å²) >= 11 is 0. The first-order chi connectivity index (χ1) is 26.6. The lowest BCUT2D eigenvalue weighted by atomic mass is 10.1. The first-order valence-electron chi connectivity index (χ1n) is 17.4. The number of rotatable bonds is 7. The summed E-state index contributed by atoms with van der Waals surface area (Å²) in [6.45, 7) is 6.02. The van der Waals surface area contributed by atoms with Gasteiger partial charge >= 0.3 is 18.3 Å². The Morgan fingerprint density at radius 3 is 1.60 bits per heavy atom. The van der Waals surface area contributed by atoms with Crippen molar-refractivity contribution in [3.05, 3.63) is 129 Å². The van der Waals surface area contributed by atoms with E-state index in [4.69, 9.17) is 15.9 Å². The van der Waals surface area contributed by atoms with Crippen LogP contribution in [0.5, 0.6) is 11.5 Å². The predicted octanol–water partition coefficient (Wildman–Crippen LogP) is 6.41. The number of benzene rings is 4. The molecule has 2 aliphatic rings. The van der Waals surface area contributed by atoms with Gasteiger partial charge in [-0.05, 0) is 61.4 Å². The second kappa shape index (κ2) is 18.2. The minimum absolute atomic E-state index is 0.0160. The first kappa shape index (κ1) is 43.6. The van der Waals surface area contributed by atoms with Crippen LogP contribution in [0.25, 0.3) is 0 Å². The van der Waals surface area contributed by atoms with Gasteiger partial charge in [-0.25, -0.2) is 4.79 Å². The molecule has 0 saturated carbocycles. The zero-order valence-electron chi connectivity index (χ0n) is 30.7. The Kier molecular flexibility index (Phi) is 14.0. The number of nitrogens with one attached hydrogen (secondary N) is 1. The second-order valence-electron chi connectivity index (χ2n) is 13.6. The van der Waals surface area contributed by atoms with Gasteiger partial charge in [0.2, 0.25) is 11.8 Å². The number of likely N-dealkylation sites (tertiary alicyclic amines) is 2. The molecule has 2 aliphatic heterocycles. The third kappa shape index (κ3) is 12.4. The van der Waals surface area contributed by atoms with Crippen LogP contribution in [0.2, 0.25) is 0 Å². The van der Waals surface area contributed by atoms with Crippen LogP contribution in [0.3, 0.4) is 0 Å². The number of carbonyl (C=O) groups is 4. The largest absolute Gasteiger partial charge is 0.507 e. The van der Waals surface area contributed by atoms with Crippen LogP contribution in [0.15, 0.2) is 84.9 Å². The van der Waals surface area contributed by atoms with Gasteiger partial charge in [-0.2, -0.15) is 26.3 Å². The monoisotopic (exact) mass is 802 g/mol. The van der Waals surface area contributed by atoms with Crippen molar-refractivity contribution >= 4 is 23.7 Å². The fourth-order valence-corrected chi connectivity index (χ4v) is 6.08. The van der Waals surface area contributed by atoms with Crippen molar-refractivity contribution in [3.8, 4) is 11.5 Å². The number of phenols is 2. The van der Waals surface area contributed by atoms with Crippen molar-refractivity contribution in [1.82, 2.24) is 15.1 Å². The number of phenolic OH excluding ortho intramolecular Hbond substituents is 1. The van der Waals surface area contributed by atoms with Crippen LogP contribution in [-0.2, 0) is 35.0 Å². The molecule has 2 unspecified atom stereocenters. The number of hydrogen-bond acceptors (Lipinski definition) is 7. The number of aromatic hydroxyl groups is 2. The molecule has 0 aliphatic carbocycles. The van der Waals surface area contributed by atoms with Crippen LogP contribution in [0.4, 0.5) is 26.3 Å². The number of amides is 3. The van der Waals surface area contributed by atoms with E-state index in [1.807, 2.05) is 48.2 Å². The Balaban J connectivity index is 0.000000209. The molecule has 304 valence electrons. The molecule has 0 aromatic heterocycles. The van der Waals surface area contributed by atoms with Crippen LogP contribution < -0.4 is 11.1 Å². The van der Waals surface area contributed by atoms with Crippen LogP contribution in [0, 0.1) is 13.8 Å². The predicted molar refractivity (Wildman–Crippen MR) is 195 cm³/mol. The zero-order chi connectivity index (χ0) is 42.2. The second-order valence-corrected chi connectivity index (χ2v) is 13.6.